The molecule has 2 heterocycles. The molecule has 3 rings (SSSR count). The van der Waals surface area contributed by atoms with Crippen LogP contribution in [0.5, 0.6) is 5.75 Å². The molecule has 0 saturated heterocycles. The Kier molecular flexibility index (Phi) is 5.81. The van der Waals surface area contributed by atoms with E-state index in [1.165, 1.54) is 4.57 Å². The van der Waals surface area contributed by atoms with Gasteiger partial charge < -0.3 is 14.3 Å². The molecule has 1 atom stereocenters. The van der Waals surface area contributed by atoms with Gasteiger partial charge in [0.2, 0.25) is 0 Å². The van der Waals surface area contributed by atoms with Crippen LogP contribution in [0.3, 0.4) is 0 Å². The monoisotopic (exact) mass is 411 g/mol. The number of halogens is 1. The summed E-state index contributed by atoms with van der Waals surface area (Å²) in [6.45, 7) is 5.70. The van der Waals surface area contributed by atoms with Crippen LogP contribution >= 0.6 is 11.6 Å². The van der Waals surface area contributed by atoms with E-state index in [4.69, 9.17) is 21.6 Å². The average molecular weight is 412 g/mol. The van der Waals surface area contributed by atoms with Crippen molar-refractivity contribution in [2.45, 2.75) is 39.2 Å². The van der Waals surface area contributed by atoms with Crippen LogP contribution < -0.4 is 15.9 Å². The number of nitriles is 1. The summed E-state index contributed by atoms with van der Waals surface area (Å²) in [5.74, 6) is 0.320. The Hall–Kier alpha value is -3.04. The molecule has 0 radical (unpaired) electrons. The number of nitrogens with one attached hydrogen (secondary N) is 1. The molecule has 29 heavy (non-hydrogen) atoms. The smallest absolute Gasteiger partial charge is 0.254 e. The molecule has 0 aliphatic heterocycles. The molecular weight excluding hydrogens is 390 g/mol. The first kappa shape index (κ1) is 20.7. The minimum Gasteiger partial charge on any atom is -0.489 e. The first-order chi connectivity index (χ1) is 13.7. The van der Waals surface area contributed by atoms with E-state index in [2.05, 4.69) is 4.98 Å². The van der Waals surface area contributed by atoms with Crippen molar-refractivity contribution in [1.82, 2.24) is 9.55 Å². The molecule has 0 fully saturated rings. The van der Waals surface area contributed by atoms with Crippen molar-refractivity contribution in [1.29, 1.82) is 5.26 Å². The molecule has 0 unspecified atom stereocenters. The highest BCUT2D eigenvalue weighted by Crippen LogP contribution is 2.30. The lowest BCUT2D eigenvalue weighted by Crippen LogP contribution is -2.25. The lowest BCUT2D eigenvalue weighted by Gasteiger charge is -2.15. The molecule has 0 bridgehead atoms. The van der Waals surface area contributed by atoms with Crippen molar-refractivity contribution < 1.29 is 4.74 Å². The summed E-state index contributed by atoms with van der Waals surface area (Å²) in [7, 11) is 1.57. The molecule has 1 N–H and O–H groups in total. The molecule has 3 aromatic rings. The summed E-state index contributed by atoms with van der Waals surface area (Å²) < 4.78 is 7.00. The van der Waals surface area contributed by atoms with Crippen molar-refractivity contribution >= 4 is 22.5 Å². The van der Waals surface area contributed by atoms with Crippen molar-refractivity contribution in [2.24, 2.45) is 7.05 Å². The summed E-state index contributed by atoms with van der Waals surface area (Å²) in [6, 6.07) is 10.5. The number of ether oxygens (including phenoxy) is 1. The number of nitrogens with zero attached hydrogens (tertiary/aromatic N) is 2. The molecule has 7 heteroatoms. The highest BCUT2D eigenvalue weighted by molar-refractivity contribution is 6.32. The number of pyridine rings is 2. The maximum atomic E-state index is 12.7. The standard InChI is InChI=1S/C22H22ClN3O3/c1-12(2)29-20-10-19-15(9-18(20)23)8-17(21(27)25-19)13(3)7-14-5-6-16(11-24)26(4)22(14)28/h5-6,8-10,12-13H,7H2,1-4H3,(H,25,27)/t13-/m1/s1. The van der Waals surface area contributed by atoms with Gasteiger partial charge in [0.25, 0.3) is 11.1 Å². The molecule has 2 aromatic heterocycles. The predicted molar refractivity (Wildman–Crippen MR) is 114 cm³/mol. The summed E-state index contributed by atoms with van der Waals surface area (Å²) in [4.78, 5) is 28.0. The van der Waals surface area contributed by atoms with Gasteiger partial charge in [0, 0.05) is 29.6 Å². The quantitative estimate of drug-likeness (QED) is 0.689. The third kappa shape index (κ3) is 4.20. The number of benzene rings is 1. The Balaban J connectivity index is 1.98. The largest absolute Gasteiger partial charge is 0.489 e. The molecule has 0 aliphatic rings. The summed E-state index contributed by atoms with van der Waals surface area (Å²) in [5.41, 5.74) is 1.61. The molecule has 150 valence electrons. The first-order valence-electron chi connectivity index (χ1n) is 9.33. The van der Waals surface area contributed by atoms with Crippen LogP contribution in [-0.4, -0.2) is 15.7 Å². The number of rotatable bonds is 5. The zero-order valence-corrected chi connectivity index (χ0v) is 17.5. The van der Waals surface area contributed by atoms with Gasteiger partial charge in [-0.25, -0.2) is 0 Å². The van der Waals surface area contributed by atoms with E-state index >= 15 is 0 Å². The van der Waals surface area contributed by atoms with E-state index in [9.17, 15) is 9.59 Å². The van der Waals surface area contributed by atoms with Crippen LogP contribution in [0, 0.1) is 11.3 Å². The Morgan fingerprint density at radius 3 is 2.59 bits per heavy atom. The van der Waals surface area contributed by atoms with Gasteiger partial charge in [0.15, 0.2) is 0 Å². The lowest BCUT2D eigenvalue weighted by molar-refractivity contribution is 0.243. The van der Waals surface area contributed by atoms with Gasteiger partial charge in [-0.1, -0.05) is 24.6 Å². The Morgan fingerprint density at radius 1 is 1.21 bits per heavy atom. The van der Waals surface area contributed by atoms with Crippen LogP contribution in [0.1, 0.15) is 43.5 Å². The number of hydrogen-bond donors (Lipinski definition) is 1. The third-order valence-corrected chi connectivity index (χ3v) is 5.14. The Bertz CT molecular complexity index is 1230. The maximum absolute atomic E-state index is 12.7. The van der Waals surface area contributed by atoms with Gasteiger partial charge >= 0.3 is 0 Å². The highest BCUT2D eigenvalue weighted by atomic mass is 35.5. The fraction of sp³-hybridized carbons (Fsp3) is 0.318. The van der Waals surface area contributed by atoms with E-state index in [-0.39, 0.29) is 23.1 Å². The number of aromatic amines is 1. The van der Waals surface area contributed by atoms with Crippen LogP contribution in [0.15, 0.2) is 39.9 Å². The van der Waals surface area contributed by atoms with Crippen molar-refractivity contribution in [2.75, 3.05) is 0 Å². The van der Waals surface area contributed by atoms with E-state index < -0.39 is 0 Å². The van der Waals surface area contributed by atoms with Crippen LogP contribution in [0.4, 0.5) is 0 Å². The van der Waals surface area contributed by atoms with Crippen molar-refractivity contribution in [3.63, 3.8) is 0 Å². The van der Waals surface area contributed by atoms with Gasteiger partial charge in [-0.15, -0.1) is 0 Å². The normalized spacial score (nSPS) is 12.2. The summed E-state index contributed by atoms with van der Waals surface area (Å²) in [6.07, 6.45) is 0.348. The van der Waals surface area contributed by atoms with Crippen LogP contribution in [-0.2, 0) is 13.5 Å². The van der Waals surface area contributed by atoms with E-state index in [1.807, 2.05) is 26.8 Å². The van der Waals surface area contributed by atoms with E-state index in [0.717, 1.165) is 5.39 Å². The average Bonchev–Trinajstić information content (AvgIpc) is 2.66. The molecular formula is C22H22ClN3O3. The van der Waals surface area contributed by atoms with Gasteiger partial charge in [0.05, 0.1) is 16.6 Å². The molecule has 0 amide bonds. The second-order valence-corrected chi connectivity index (χ2v) is 7.82. The van der Waals surface area contributed by atoms with E-state index in [1.54, 1.807) is 37.4 Å². The number of fused-ring (bicyclic) bond motifs is 1. The second-order valence-electron chi connectivity index (χ2n) is 7.42. The molecule has 0 spiro atoms. The zero-order chi connectivity index (χ0) is 21.3. The van der Waals surface area contributed by atoms with Gasteiger partial charge in [-0.3, -0.25) is 9.59 Å². The maximum Gasteiger partial charge on any atom is 0.254 e. The van der Waals surface area contributed by atoms with Crippen LogP contribution in [0.2, 0.25) is 5.02 Å². The number of H-pyrrole nitrogens is 1. The fourth-order valence-electron chi connectivity index (χ4n) is 3.33. The number of aromatic nitrogens is 2. The Morgan fingerprint density at radius 2 is 1.93 bits per heavy atom. The topological polar surface area (TPSA) is 87.9 Å². The van der Waals surface area contributed by atoms with Crippen LogP contribution in [0.25, 0.3) is 10.9 Å². The third-order valence-electron chi connectivity index (χ3n) is 4.84. The number of hydrogen-bond acceptors (Lipinski definition) is 4. The molecule has 1 aromatic carbocycles. The second kappa shape index (κ2) is 8.14. The van der Waals surface area contributed by atoms with Gasteiger partial charge in [-0.05, 0) is 44.4 Å². The van der Waals surface area contributed by atoms with Gasteiger partial charge in [-0.2, -0.15) is 5.26 Å². The first-order valence-corrected chi connectivity index (χ1v) is 9.71. The summed E-state index contributed by atoms with van der Waals surface area (Å²) in [5, 5.41) is 10.3. The summed E-state index contributed by atoms with van der Waals surface area (Å²) >= 11 is 6.33. The predicted octanol–water partition coefficient (Wildman–Crippen LogP) is 3.89. The minimum atomic E-state index is -0.230. The van der Waals surface area contributed by atoms with Crippen molar-refractivity contribution in [3.8, 4) is 11.8 Å². The highest BCUT2D eigenvalue weighted by Gasteiger charge is 2.16. The van der Waals surface area contributed by atoms with E-state index in [0.29, 0.717) is 39.5 Å². The molecule has 6 nitrogen and oxygen atoms in total. The van der Waals surface area contributed by atoms with Crippen molar-refractivity contribution in [3.05, 3.63) is 72.9 Å². The van der Waals surface area contributed by atoms with Gasteiger partial charge in [0.1, 0.15) is 17.5 Å². The minimum absolute atomic E-state index is 0.0361. The molecule has 0 saturated carbocycles. The zero-order valence-electron chi connectivity index (χ0n) is 16.7. The fourth-order valence-corrected chi connectivity index (χ4v) is 3.55. The Labute approximate surface area is 173 Å². The lowest BCUT2D eigenvalue weighted by atomic mass is 9.94. The SMILES string of the molecule is CC(C)Oc1cc2[nH]c(=O)c([C@H](C)Cc3ccc(C#N)n(C)c3=O)cc2cc1Cl. The molecule has 0 aliphatic carbocycles.